The van der Waals surface area contributed by atoms with Gasteiger partial charge in [0.25, 0.3) is 0 Å². The van der Waals surface area contributed by atoms with Gasteiger partial charge >= 0.3 is 0 Å². The van der Waals surface area contributed by atoms with Crippen molar-refractivity contribution in [3.8, 4) is 5.75 Å². The third kappa shape index (κ3) is 4.71. The van der Waals surface area contributed by atoms with E-state index in [4.69, 9.17) is 10.5 Å². The van der Waals surface area contributed by atoms with Crippen LogP contribution in [0.3, 0.4) is 0 Å². The second-order valence-corrected chi connectivity index (χ2v) is 7.39. The quantitative estimate of drug-likeness (QED) is 0.312. The summed E-state index contributed by atoms with van der Waals surface area (Å²) in [5, 5.41) is 13.5. The highest BCUT2D eigenvalue weighted by Crippen LogP contribution is 2.30. The third-order valence-corrected chi connectivity index (χ3v) is 4.93. The number of nitrogen functional groups attached to an aromatic ring is 1. The molecule has 9 heteroatoms. The van der Waals surface area contributed by atoms with Crippen molar-refractivity contribution in [3.05, 3.63) is 30.3 Å². The van der Waals surface area contributed by atoms with E-state index in [1.807, 2.05) is 37.3 Å². The fraction of sp³-hybridized carbons (Fsp3) is 0.312. The molecule has 2 aromatic heterocycles. The van der Waals surface area contributed by atoms with Crippen molar-refractivity contribution in [2.45, 2.75) is 18.1 Å². The summed E-state index contributed by atoms with van der Waals surface area (Å²) < 4.78 is 6.47. The van der Waals surface area contributed by atoms with Crippen LogP contribution in [0, 0.1) is 0 Å². The van der Waals surface area contributed by atoms with Gasteiger partial charge in [0.15, 0.2) is 21.8 Å². The van der Waals surface area contributed by atoms with E-state index in [-0.39, 0.29) is 12.6 Å². The van der Waals surface area contributed by atoms with Gasteiger partial charge in [0.2, 0.25) is 0 Å². The molecule has 0 aliphatic heterocycles. The van der Waals surface area contributed by atoms with Crippen molar-refractivity contribution in [3.63, 3.8) is 0 Å². The first-order valence-electron chi connectivity index (χ1n) is 7.78. The highest BCUT2D eigenvalue weighted by atomic mass is 32.2. The molecule has 4 N–H and O–H groups in total. The summed E-state index contributed by atoms with van der Waals surface area (Å²) in [6, 6.07) is 9.54. The molecule has 1 atom stereocenters. The first-order chi connectivity index (χ1) is 12.2. The molecule has 0 fully saturated rings. The van der Waals surface area contributed by atoms with Gasteiger partial charge in [0.05, 0.1) is 13.2 Å². The summed E-state index contributed by atoms with van der Waals surface area (Å²) >= 11 is 2.82. The minimum absolute atomic E-state index is 0.00712. The van der Waals surface area contributed by atoms with E-state index in [9.17, 15) is 5.11 Å². The van der Waals surface area contributed by atoms with Crippen molar-refractivity contribution >= 4 is 44.4 Å². The lowest BCUT2D eigenvalue weighted by atomic mass is 10.3. The molecule has 25 heavy (non-hydrogen) atoms. The van der Waals surface area contributed by atoms with Gasteiger partial charge in [-0.3, -0.25) is 0 Å². The van der Waals surface area contributed by atoms with Crippen LogP contribution in [0.25, 0.3) is 10.3 Å². The number of hydrogen-bond acceptors (Lipinski definition) is 9. The number of nitrogens with two attached hydrogens (primary N) is 1. The molecule has 0 radical (unpaired) electrons. The van der Waals surface area contributed by atoms with E-state index in [1.165, 1.54) is 23.1 Å². The minimum atomic E-state index is -0.124. The number of aromatic nitrogens is 3. The maximum absolute atomic E-state index is 9.26. The summed E-state index contributed by atoms with van der Waals surface area (Å²) in [5.74, 6) is 2.19. The summed E-state index contributed by atoms with van der Waals surface area (Å²) in [5.41, 5.74) is 6.36. The van der Waals surface area contributed by atoms with E-state index >= 15 is 0 Å². The minimum Gasteiger partial charge on any atom is -0.493 e. The second-order valence-electron chi connectivity index (χ2n) is 5.30. The van der Waals surface area contributed by atoms with E-state index in [0.717, 1.165) is 10.4 Å². The zero-order valence-corrected chi connectivity index (χ0v) is 15.3. The lowest BCUT2D eigenvalue weighted by Crippen LogP contribution is -2.20. The number of ether oxygens (including phenoxy) is 1. The lowest BCUT2D eigenvalue weighted by Gasteiger charge is -2.12. The summed E-state index contributed by atoms with van der Waals surface area (Å²) in [6.07, 6.45) is 0. The highest BCUT2D eigenvalue weighted by molar-refractivity contribution is 7.99. The van der Waals surface area contributed by atoms with Gasteiger partial charge in [0, 0.05) is 11.8 Å². The molecule has 0 aliphatic rings. The molecule has 0 amide bonds. The average Bonchev–Trinajstić information content (AvgIpc) is 3.00. The van der Waals surface area contributed by atoms with Crippen molar-refractivity contribution in [1.82, 2.24) is 15.0 Å². The number of hydrogen-bond donors (Lipinski definition) is 3. The molecule has 3 rings (SSSR count). The Morgan fingerprint density at radius 3 is 2.84 bits per heavy atom. The van der Waals surface area contributed by atoms with Gasteiger partial charge in [-0.1, -0.05) is 41.3 Å². The number of nitrogens with zero attached hydrogens (tertiary/aromatic N) is 3. The molecule has 0 unspecified atom stereocenters. The number of fused-ring (bicyclic) bond motifs is 1. The van der Waals surface area contributed by atoms with Crippen LogP contribution in [-0.4, -0.2) is 45.1 Å². The van der Waals surface area contributed by atoms with Crippen LogP contribution in [0.5, 0.6) is 5.75 Å². The smallest absolute Gasteiger partial charge is 0.191 e. The molecule has 7 nitrogen and oxygen atoms in total. The van der Waals surface area contributed by atoms with Crippen LogP contribution in [-0.2, 0) is 0 Å². The van der Waals surface area contributed by atoms with Crippen LogP contribution in [0.15, 0.2) is 35.5 Å². The van der Waals surface area contributed by atoms with Crippen molar-refractivity contribution in [1.29, 1.82) is 0 Å². The monoisotopic (exact) mass is 377 g/mol. The fourth-order valence-corrected chi connectivity index (χ4v) is 3.45. The number of aliphatic hydroxyl groups excluding tert-OH is 1. The van der Waals surface area contributed by atoms with E-state index in [1.54, 1.807) is 0 Å². The number of rotatable bonds is 8. The molecule has 0 bridgehead atoms. The van der Waals surface area contributed by atoms with Crippen LogP contribution < -0.4 is 15.8 Å². The Bertz CT molecular complexity index is 828. The zero-order chi connectivity index (χ0) is 17.6. The Morgan fingerprint density at radius 1 is 1.28 bits per heavy atom. The largest absolute Gasteiger partial charge is 0.493 e. The van der Waals surface area contributed by atoms with Crippen LogP contribution in [0.2, 0.25) is 0 Å². The Balaban J connectivity index is 1.68. The zero-order valence-electron chi connectivity index (χ0n) is 13.7. The maximum Gasteiger partial charge on any atom is 0.191 e. The second kappa shape index (κ2) is 8.32. The van der Waals surface area contributed by atoms with E-state index in [0.29, 0.717) is 34.1 Å². The number of anilines is 2. The summed E-state index contributed by atoms with van der Waals surface area (Å²) in [4.78, 5) is 13.2. The van der Waals surface area contributed by atoms with Crippen LogP contribution in [0.4, 0.5) is 10.9 Å². The Kier molecular flexibility index (Phi) is 5.90. The predicted molar refractivity (Wildman–Crippen MR) is 102 cm³/mol. The number of thiazole rings is 1. The number of para-hydroxylation sites is 1. The molecule has 2 heterocycles. The molecular formula is C16H19N5O2S2. The van der Waals surface area contributed by atoms with Crippen molar-refractivity contribution in [2.75, 3.05) is 30.0 Å². The van der Waals surface area contributed by atoms with E-state index < -0.39 is 0 Å². The predicted octanol–water partition coefficient (Wildman–Crippen LogP) is 2.63. The van der Waals surface area contributed by atoms with Gasteiger partial charge in [-0.25, -0.2) is 15.0 Å². The highest BCUT2D eigenvalue weighted by Gasteiger charge is 2.14. The van der Waals surface area contributed by atoms with Crippen molar-refractivity contribution in [2.24, 2.45) is 0 Å². The first kappa shape index (κ1) is 17.7. The maximum atomic E-state index is 9.26. The SMILES string of the molecule is C[C@H](CO)Nc1nc(SCCOc2ccccc2)nc2nc(N)sc12. The standard InChI is InChI=1S/C16H19N5O2S2/c1-10(9-22)18-13-12-14(19-15(17)25-12)21-16(20-13)24-8-7-23-11-5-3-2-4-6-11/h2-6,10,22H,7-9H2,1H3,(H3,17,18,19,20,21)/t10-/m1/s1. The Morgan fingerprint density at radius 2 is 2.08 bits per heavy atom. The fourth-order valence-electron chi connectivity index (χ4n) is 2.07. The molecule has 0 saturated carbocycles. The number of thioether (sulfide) groups is 1. The Labute approximate surface area is 153 Å². The van der Waals surface area contributed by atoms with Crippen molar-refractivity contribution < 1.29 is 9.84 Å². The normalized spacial score (nSPS) is 12.2. The molecule has 0 aliphatic carbocycles. The third-order valence-electron chi connectivity index (χ3n) is 3.23. The van der Waals surface area contributed by atoms with E-state index in [2.05, 4.69) is 20.3 Å². The average molecular weight is 377 g/mol. The Hall–Kier alpha value is -2.10. The topological polar surface area (TPSA) is 106 Å². The van der Waals surface area contributed by atoms with Gasteiger partial charge in [-0.15, -0.1) is 0 Å². The number of nitrogens with one attached hydrogen (secondary N) is 1. The van der Waals surface area contributed by atoms with Gasteiger partial charge in [-0.05, 0) is 19.1 Å². The number of benzene rings is 1. The van der Waals surface area contributed by atoms with Crippen LogP contribution >= 0.6 is 23.1 Å². The van der Waals surface area contributed by atoms with Gasteiger partial charge < -0.3 is 20.9 Å². The van der Waals surface area contributed by atoms with Gasteiger partial charge in [-0.2, -0.15) is 0 Å². The van der Waals surface area contributed by atoms with Gasteiger partial charge in [0.1, 0.15) is 10.4 Å². The van der Waals surface area contributed by atoms with Crippen LogP contribution in [0.1, 0.15) is 6.92 Å². The number of aliphatic hydroxyl groups is 1. The molecule has 0 saturated heterocycles. The molecule has 1 aromatic carbocycles. The molecule has 132 valence electrons. The summed E-state index contributed by atoms with van der Waals surface area (Å²) in [7, 11) is 0. The first-order valence-corrected chi connectivity index (χ1v) is 9.58. The molecule has 0 spiro atoms. The molecule has 3 aromatic rings. The summed E-state index contributed by atoms with van der Waals surface area (Å²) in [6.45, 7) is 2.43. The lowest BCUT2D eigenvalue weighted by molar-refractivity contribution is 0.281. The molecular weight excluding hydrogens is 358 g/mol.